The lowest BCUT2D eigenvalue weighted by Crippen LogP contribution is -2.15. The Morgan fingerprint density at radius 2 is 1.79 bits per heavy atom. The van der Waals surface area contributed by atoms with Crippen LogP contribution in [0, 0.1) is 0 Å². The molecule has 0 bridgehead atoms. The molecule has 3 aromatic rings. The molecule has 0 fully saturated rings. The van der Waals surface area contributed by atoms with Gasteiger partial charge in [0.05, 0.1) is 38.7 Å². The number of aromatic nitrogens is 5. The molecule has 0 saturated carbocycles. The number of nitrogens with one attached hydrogen (secondary N) is 1. The Balaban J connectivity index is 0.000000968. The van der Waals surface area contributed by atoms with Crippen LogP contribution in [0.25, 0.3) is 11.4 Å². The molecule has 2 unspecified atom stereocenters. The van der Waals surface area contributed by atoms with Crippen molar-refractivity contribution in [2.45, 2.75) is 31.6 Å². The molecular formula is C22H30N6O4S. The second-order valence-electron chi connectivity index (χ2n) is 7.29. The Kier molecular flexibility index (Phi) is 8.72. The number of nitrogens with zero attached hydrogens (tertiary/aromatic N) is 5. The van der Waals surface area contributed by atoms with Crippen molar-refractivity contribution in [1.29, 1.82) is 0 Å². The minimum Gasteiger partial charge on any atom is -0.494 e. The molecular weight excluding hydrogens is 444 g/mol. The summed E-state index contributed by atoms with van der Waals surface area (Å²) in [6.07, 6.45) is 3.38. The Labute approximate surface area is 198 Å². The zero-order valence-corrected chi connectivity index (χ0v) is 20.5. The predicted octanol–water partition coefficient (Wildman–Crippen LogP) is 3.66. The van der Waals surface area contributed by atoms with E-state index in [4.69, 9.17) is 14.2 Å². The van der Waals surface area contributed by atoms with E-state index in [9.17, 15) is 0 Å². The smallest absolute Gasteiger partial charge is 0.235 e. The Bertz CT molecular complexity index is 1030. The van der Waals surface area contributed by atoms with Crippen molar-refractivity contribution in [2.75, 3.05) is 39.8 Å². The summed E-state index contributed by atoms with van der Waals surface area (Å²) in [4.78, 5) is 8.80. The molecule has 33 heavy (non-hydrogen) atoms. The Hall–Kier alpha value is -3.05. The molecule has 1 aliphatic heterocycles. The van der Waals surface area contributed by atoms with Gasteiger partial charge < -0.3 is 18.9 Å². The molecule has 178 valence electrons. The normalized spacial score (nSPS) is 13.8. The van der Waals surface area contributed by atoms with E-state index >= 15 is 0 Å². The summed E-state index contributed by atoms with van der Waals surface area (Å²) >= 11 is 1.57. The molecule has 3 heterocycles. The number of methoxy groups -OCH3 is 3. The second kappa shape index (κ2) is 11.7. The minimum atomic E-state index is 0.133. The molecule has 2 aromatic heterocycles. The van der Waals surface area contributed by atoms with E-state index in [1.165, 1.54) is 0 Å². The van der Waals surface area contributed by atoms with Crippen LogP contribution in [0.1, 0.15) is 25.6 Å². The van der Waals surface area contributed by atoms with Gasteiger partial charge in [-0.1, -0.05) is 19.9 Å². The lowest BCUT2D eigenvalue weighted by atomic mass is 10.1. The van der Waals surface area contributed by atoms with Gasteiger partial charge in [-0.25, -0.2) is 9.97 Å². The van der Waals surface area contributed by atoms with Crippen LogP contribution in [0.5, 0.6) is 17.2 Å². The molecule has 0 spiro atoms. The molecule has 0 saturated heterocycles. The number of para-hydroxylation sites is 1. The Morgan fingerprint density at radius 1 is 1.06 bits per heavy atom. The average molecular weight is 475 g/mol. The molecule has 4 rings (SSSR count). The maximum absolute atomic E-state index is 5.93. The highest BCUT2D eigenvalue weighted by Crippen LogP contribution is 2.40. The van der Waals surface area contributed by atoms with Crippen molar-refractivity contribution < 1.29 is 18.9 Å². The molecule has 0 radical (unpaired) electrons. The van der Waals surface area contributed by atoms with Crippen molar-refractivity contribution in [3.05, 3.63) is 36.4 Å². The van der Waals surface area contributed by atoms with E-state index in [1.807, 2.05) is 22.8 Å². The predicted molar refractivity (Wildman–Crippen MR) is 128 cm³/mol. The van der Waals surface area contributed by atoms with Crippen molar-refractivity contribution >= 4 is 17.9 Å². The van der Waals surface area contributed by atoms with E-state index in [2.05, 4.69) is 43.5 Å². The molecule has 1 N–H and O–H groups in total. The van der Waals surface area contributed by atoms with E-state index < -0.39 is 0 Å². The molecule has 1 aliphatic rings. The lowest BCUT2D eigenvalue weighted by Gasteiger charge is -2.18. The fraction of sp³-hybridized carbons (Fsp3) is 0.455. The summed E-state index contributed by atoms with van der Waals surface area (Å²) in [6, 6.07) is 5.77. The average Bonchev–Trinajstić information content (AvgIpc) is 3.15. The molecule has 0 aliphatic carbocycles. The third-order valence-corrected chi connectivity index (χ3v) is 6.16. The summed E-state index contributed by atoms with van der Waals surface area (Å²) in [7, 11) is 6.48. The monoisotopic (exact) mass is 474 g/mol. The van der Waals surface area contributed by atoms with Gasteiger partial charge in [-0.15, -0.1) is 10.2 Å². The van der Waals surface area contributed by atoms with Gasteiger partial charge in [0.25, 0.3) is 0 Å². The van der Waals surface area contributed by atoms with Crippen LogP contribution in [-0.2, 0) is 11.3 Å². The SMILES string of the molecule is COC.COc1cnc(C(C)C(C)SNc2nnc3n2CCOc2c(OC)cccc2-3)nc1. The molecule has 10 nitrogen and oxygen atoms in total. The van der Waals surface area contributed by atoms with Gasteiger partial charge >= 0.3 is 0 Å². The third kappa shape index (κ3) is 5.66. The molecule has 11 heteroatoms. The quantitative estimate of drug-likeness (QED) is 0.510. The van der Waals surface area contributed by atoms with Gasteiger partial charge in [-0.05, 0) is 24.1 Å². The highest BCUT2D eigenvalue weighted by Gasteiger charge is 2.24. The highest BCUT2D eigenvalue weighted by atomic mass is 32.2. The third-order valence-electron chi connectivity index (χ3n) is 5.08. The molecule has 1 aromatic carbocycles. The van der Waals surface area contributed by atoms with E-state index in [0.29, 0.717) is 36.3 Å². The number of anilines is 1. The number of hydrogen-bond acceptors (Lipinski definition) is 10. The van der Waals surface area contributed by atoms with Crippen molar-refractivity contribution in [3.63, 3.8) is 0 Å². The molecule has 2 atom stereocenters. The number of fused-ring (bicyclic) bond motifs is 3. The van der Waals surface area contributed by atoms with Gasteiger partial charge in [0.2, 0.25) is 5.95 Å². The number of ether oxygens (including phenoxy) is 4. The van der Waals surface area contributed by atoms with Crippen molar-refractivity contribution in [3.8, 4) is 28.6 Å². The fourth-order valence-corrected chi connectivity index (χ4v) is 3.92. The minimum absolute atomic E-state index is 0.133. The van der Waals surface area contributed by atoms with Crippen LogP contribution < -0.4 is 18.9 Å². The zero-order chi connectivity index (χ0) is 23.8. The summed E-state index contributed by atoms with van der Waals surface area (Å²) in [5.41, 5.74) is 0.866. The fourth-order valence-electron chi connectivity index (χ4n) is 3.15. The van der Waals surface area contributed by atoms with Gasteiger partial charge in [0, 0.05) is 25.4 Å². The van der Waals surface area contributed by atoms with Crippen molar-refractivity contribution in [2.24, 2.45) is 0 Å². The first-order chi connectivity index (χ1) is 16.0. The van der Waals surface area contributed by atoms with Gasteiger partial charge in [0.15, 0.2) is 23.1 Å². The van der Waals surface area contributed by atoms with Crippen LogP contribution in [0.15, 0.2) is 30.6 Å². The maximum Gasteiger partial charge on any atom is 0.235 e. The number of rotatable bonds is 7. The first kappa shape index (κ1) is 24.6. The summed E-state index contributed by atoms with van der Waals surface area (Å²) in [6.45, 7) is 5.36. The maximum atomic E-state index is 5.93. The van der Waals surface area contributed by atoms with Crippen LogP contribution in [0.2, 0.25) is 0 Å². The van der Waals surface area contributed by atoms with Gasteiger partial charge in [-0.3, -0.25) is 9.29 Å². The van der Waals surface area contributed by atoms with Gasteiger partial charge in [0.1, 0.15) is 12.4 Å². The zero-order valence-electron chi connectivity index (χ0n) is 19.7. The van der Waals surface area contributed by atoms with Gasteiger partial charge in [-0.2, -0.15) is 0 Å². The lowest BCUT2D eigenvalue weighted by molar-refractivity contribution is 0.277. The Morgan fingerprint density at radius 3 is 2.45 bits per heavy atom. The topological polar surface area (TPSA) is 105 Å². The number of benzene rings is 1. The first-order valence-corrected chi connectivity index (χ1v) is 11.3. The highest BCUT2D eigenvalue weighted by molar-refractivity contribution is 8.01. The number of hydrogen-bond donors (Lipinski definition) is 1. The van der Waals surface area contributed by atoms with E-state index in [1.54, 1.807) is 52.8 Å². The van der Waals surface area contributed by atoms with Crippen molar-refractivity contribution in [1.82, 2.24) is 24.7 Å². The summed E-state index contributed by atoms with van der Waals surface area (Å²) < 4.78 is 26.1. The standard InChI is InChI=1S/C20H24N6O3S.C2H6O/c1-12(18-21-10-14(27-3)11-22-18)13(2)30-25-20-24-23-19-15-6-5-7-16(28-4)17(15)29-9-8-26(19)20;1-3-2/h5-7,10-13H,8-9H2,1-4H3,(H,24,25);1-2H3. The molecule has 0 amide bonds. The van der Waals surface area contributed by atoms with Crippen LogP contribution in [0.4, 0.5) is 5.95 Å². The van der Waals surface area contributed by atoms with E-state index in [0.717, 1.165) is 17.2 Å². The van der Waals surface area contributed by atoms with E-state index in [-0.39, 0.29) is 11.2 Å². The summed E-state index contributed by atoms with van der Waals surface area (Å²) in [5.74, 6) is 4.38. The largest absolute Gasteiger partial charge is 0.494 e. The van der Waals surface area contributed by atoms with Crippen LogP contribution in [-0.4, -0.2) is 65.0 Å². The summed E-state index contributed by atoms with van der Waals surface area (Å²) in [5, 5.41) is 8.95. The van der Waals surface area contributed by atoms with Crippen LogP contribution in [0.3, 0.4) is 0 Å². The van der Waals surface area contributed by atoms with Crippen LogP contribution >= 0.6 is 11.9 Å². The second-order valence-corrected chi connectivity index (χ2v) is 8.47. The first-order valence-electron chi connectivity index (χ1n) is 10.4.